The van der Waals surface area contributed by atoms with Crippen LogP contribution in [0, 0.1) is 0 Å². The maximum absolute atomic E-state index is 12.5. The zero-order chi connectivity index (χ0) is 14.9. The summed E-state index contributed by atoms with van der Waals surface area (Å²) in [6, 6.07) is 6.86. The second kappa shape index (κ2) is 5.19. The Morgan fingerprint density at radius 2 is 2.19 bits per heavy atom. The van der Waals surface area contributed by atoms with Crippen LogP contribution in [-0.4, -0.2) is 30.0 Å². The van der Waals surface area contributed by atoms with E-state index in [2.05, 4.69) is 20.2 Å². The summed E-state index contributed by atoms with van der Waals surface area (Å²) in [5.41, 5.74) is 0.543. The highest BCUT2D eigenvalue weighted by molar-refractivity contribution is 7.89. The van der Waals surface area contributed by atoms with E-state index < -0.39 is 10.0 Å². The molecule has 110 valence electrons. The first-order valence-corrected chi connectivity index (χ1v) is 7.64. The summed E-state index contributed by atoms with van der Waals surface area (Å²) in [5, 5.41) is 6.38. The van der Waals surface area contributed by atoms with Gasteiger partial charge in [-0.2, -0.15) is 0 Å². The third kappa shape index (κ3) is 2.48. The molecule has 3 aromatic heterocycles. The predicted octanol–water partition coefficient (Wildman–Crippen LogP) is 0.842. The fraction of sp³-hybridized carbons (Fsp3) is 0.167. The van der Waals surface area contributed by atoms with Gasteiger partial charge in [-0.05, 0) is 12.1 Å². The van der Waals surface area contributed by atoms with Gasteiger partial charge in [-0.15, -0.1) is 0 Å². The van der Waals surface area contributed by atoms with Gasteiger partial charge < -0.3 is 9.84 Å². The lowest BCUT2D eigenvalue weighted by Gasteiger charge is -2.06. The summed E-state index contributed by atoms with van der Waals surface area (Å²) in [6.07, 6.45) is 3.10. The van der Waals surface area contributed by atoms with Crippen molar-refractivity contribution in [2.24, 2.45) is 0 Å². The van der Waals surface area contributed by atoms with Crippen molar-refractivity contribution in [3.63, 3.8) is 0 Å². The minimum atomic E-state index is -3.76. The van der Waals surface area contributed by atoms with E-state index in [4.69, 9.17) is 4.52 Å². The van der Waals surface area contributed by atoms with E-state index in [0.29, 0.717) is 11.4 Å². The van der Waals surface area contributed by atoms with Gasteiger partial charge >= 0.3 is 0 Å². The van der Waals surface area contributed by atoms with Crippen LogP contribution in [-0.2, 0) is 16.6 Å². The minimum Gasteiger partial charge on any atom is -0.371 e. The Morgan fingerprint density at radius 3 is 2.90 bits per heavy atom. The van der Waals surface area contributed by atoms with E-state index >= 15 is 0 Å². The van der Waals surface area contributed by atoms with Crippen LogP contribution in [0.2, 0.25) is 0 Å². The van der Waals surface area contributed by atoms with E-state index in [0.717, 1.165) is 0 Å². The summed E-state index contributed by atoms with van der Waals surface area (Å²) in [5.74, 6) is 0.713. The van der Waals surface area contributed by atoms with Crippen molar-refractivity contribution in [3.8, 4) is 0 Å². The molecule has 8 nitrogen and oxygen atoms in total. The van der Waals surface area contributed by atoms with Crippen LogP contribution < -0.4 is 10.0 Å². The number of sulfonamides is 1. The first-order chi connectivity index (χ1) is 10.1. The average molecular weight is 307 g/mol. The Labute approximate surface area is 120 Å². The van der Waals surface area contributed by atoms with Crippen molar-refractivity contribution in [1.82, 2.24) is 19.3 Å². The number of hydrogen-bond donors (Lipinski definition) is 2. The van der Waals surface area contributed by atoms with Gasteiger partial charge in [0, 0.05) is 19.3 Å². The van der Waals surface area contributed by atoms with Crippen molar-refractivity contribution < 1.29 is 12.9 Å². The number of imidazole rings is 1. The van der Waals surface area contributed by atoms with Crippen LogP contribution in [0.3, 0.4) is 0 Å². The van der Waals surface area contributed by atoms with E-state index in [9.17, 15) is 8.42 Å². The number of nitrogens with one attached hydrogen (secondary N) is 2. The first-order valence-electron chi connectivity index (χ1n) is 6.16. The molecule has 0 aliphatic carbocycles. The molecule has 0 atom stereocenters. The lowest BCUT2D eigenvalue weighted by molar-refractivity contribution is 0.380. The molecule has 3 rings (SSSR count). The van der Waals surface area contributed by atoms with Crippen LogP contribution >= 0.6 is 0 Å². The highest BCUT2D eigenvalue weighted by Crippen LogP contribution is 2.22. The Balaban J connectivity index is 2.01. The lowest BCUT2D eigenvalue weighted by atomic mass is 10.5. The van der Waals surface area contributed by atoms with E-state index in [1.165, 1.54) is 10.6 Å². The van der Waals surface area contributed by atoms with Gasteiger partial charge in [0.05, 0.1) is 12.7 Å². The highest BCUT2D eigenvalue weighted by atomic mass is 32.2. The second-order valence-corrected chi connectivity index (χ2v) is 5.93. The number of pyridine rings is 1. The van der Waals surface area contributed by atoms with Gasteiger partial charge in [-0.25, -0.2) is 18.1 Å². The van der Waals surface area contributed by atoms with Gasteiger partial charge in [-0.1, -0.05) is 11.2 Å². The highest BCUT2D eigenvalue weighted by Gasteiger charge is 2.24. The standard InChI is InChI=1S/C12H13N5O3S/c1-13-11-12(17-7-3-2-4-10(17)16-11)21(18,19)15-8-9-5-6-14-20-9/h2-7,13,15H,8H2,1H3. The summed E-state index contributed by atoms with van der Waals surface area (Å²) in [4.78, 5) is 4.24. The largest absolute Gasteiger partial charge is 0.371 e. The molecule has 0 bridgehead atoms. The fourth-order valence-electron chi connectivity index (χ4n) is 1.96. The normalized spacial score (nSPS) is 11.9. The van der Waals surface area contributed by atoms with Crippen molar-refractivity contribution in [2.45, 2.75) is 11.6 Å². The molecule has 0 unspecified atom stereocenters. The number of fused-ring (bicyclic) bond motifs is 1. The van der Waals surface area contributed by atoms with Crippen LogP contribution in [0.4, 0.5) is 5.82 Å². The smallest absolute Gasteiger partial charge is 0.260 e. The van der Waals surface area contributed by atoms with Crippen LogP contribution in [0.25, 0.3) is 5.65 Å². The van der Waals surface area contributed by atoms with Crippen LogP contribution in [0.5, 0.6) is 0 Å². The number of hydrogen-bond acceptors (Lipinski definition) is 6. The maximum Gasteiger partial charge on any atom is 0.260 e. The molecule has 0 radical (unpaired) electrons. The van der Waals surface area contributed by atoms with Gasteiger partial charge in [0.2, 0.25) is 0 Å². The molecule has 2 N–H and O–H groups in total. The Hall–Kier alpha value is -2.39. The zero-order valence-corrected chi connectivity index (χ0v) is 12.0. The zero-order valence-electron chi connectivity index (χ0n) is 11.1. The van der Waals surface area contributed by atoms with Gasteiger partial charge in [0.1, 0.15) is 5.65 Å². The van der Waals surface area contributed by atoms with E-state index in [1.54, 1.807) is 37.5 Å². The van der Waals surface area contributed by atoms with Crippen molar-refractivity contribution >= 4 is 21.5 Å². The summed E-state index contributed by atoms with van der Waals surface area (Å²) in [7, 11) is -2.14. The van der Waals surface area contributed by atoms with E-state index in [-0.39, 0.29) is 17.4 Å². The topological polar surface area (TPSA) is 102 Å². The molecule has 0 aromatic carbocycles. The Kier molecular flexibility index (Phi) is 3.35. The minimum absolute atomic E-state index is 0.0194. The van der Waals surface area contributed by atoms with Gasteiger partial charge in [0.15, 0.2) is 16.6 Å². The summed E-state index contributed by atoms with van der Waals surface area (Å²) >= 11 is 0. The Bertz CT molecular complexity index is 854. The summed E-state index contributed by atoms with van der Waals surface area (Å²) in [6.45, 7) is 0.0194. The molecule has 0 saturated heterocycles. The Morgan fingerprint density at radius 1 is 1.33 bits per heavy atom. The molecule has 21 heavy (non-hydrogen) atoms. The third-order valence-corrected chi connectivity index (χ3v) is 4.33. The molecule has 0 aliphatic heterocycles. The van der Waals surface area contributed by atoms with Crippen molar-refractivity contribution in [3.05, 3.63) is 42.4 Å². The number of aromatic nitrogens is 3. The first kappa shape index (κ1) is 13.6. The number of nitrogens with zero attached hydrogens (tertiary/aromatic N) is 3. The molecular weight excluding hydrogens is 294 g/mol. The number of rotatable bonds is 5. The van der Waals surface area contributed by atoms with Gasteiger partial charge in [-0.3, -0.25) is 4.40 Å². The molecule has 0 saturated carbocycles. The van der Waals surface area contributed by atoms with Crippen LogP contribution in [0.1, 0.15) is 5.76 Å². The molecule has 0 aliphatic rings. The van der Waals surface area contributed by atoms with Crippen molar-refractivity contribution in [1.29, 1.82) is 0 Å². The molecule has 9 heteroatoms. The molecule has 0 amide bonds. The molecular formula is C12H13N5O3S. The number of anilines is 1. The molecule has 3 heterocycles. The molecule has 0 spiro atoms. The monoisotopic (exact) mass is 307 g/mol. The fourth-order valence-corrected chi connectivity index (χ4v) is 3.25. The van der Waals surface area contributed by atoms with Gasteiger partial charge in [0.25, 0.3) is 10.0 Å². The average Bonchev–Trinajstić information content (AvgIpc) is 3.12. The lowest BCUT2D eigenvalue weighted by Crippen LogP contribution is -2.25. The van der Waals surface area contributed by atoms with Crippen molar-refractivity contribution in [2.75, 3.05) is 12.4 Å². The second-order valence-electron chi connectivity index (χ2n) is 4.25. The van der Waals surface area contributed by atoms with Crippen LogP contribution in [0.15, 0.2) is 46.2 Å². The third-order valence-electron chi connectivity index (χ3n) is 2.91. The maximum atomic E-state index is 12.5. The quantitative estimate of drug-likeness (QED) is 0.724. The van der Waals surface area contributed by atoms with E-state index in [1.807, 2.05) is 0 Å². The summed E-state index contributed by atoms with van der Waals surface area (Å²) < 4.78 is 33.9. The molecule has 0 fully saturated rings. The predicted molar refractivity (Wildman–Crippen MR) is 75.3 cm³/mol. The molecule has 3 aromatic rings. The SMILES string of the molecule is CNc1nc2ccccn2c1S(=O)(=O)NCc1ccno1.